The fraction of sp³-hybridized carbons (Fsp3) is 0.0714. The summed E-state index contributed by atoms with van der Waals surface area (Å²) >= 11 is 17.5. The van der Waals surface area contributed by atoms with E-state index in [1.807, 2.05) is 0 Å². The first kappa shape index (κ1) is 16.0. The fourth-order valence-electron chi connectivity index (χ4n) is 1.64. The summed E-state index contributed by atoms with van der Waals surface area (Å²) in [6.45, 7) is -0.612. The summed E-state index contributed by atoms with van der Waals surface area (Å²) in [6.07, 6.45) is 0. The van der Waals surface area contributed by atoms with Crippen molar-refractivity contribution in [3.63, 3.8) is 0 Å². The summed E-state index contributed by atoms with van der Waals surface area (Å²) in [7, 11) is 0. The molecule has 2 rings (SSSR count). The number of hydrogen-bond donors (Lipinski definition) is 0. The monoisotopic (exact) mass is 350 g/mol. The topological polar surface area (TPSA) is 26.3 Å². The van der Waals surface area contributed by atoms with E-state index < -0.39 is 29.6 Å². The minimum absolute atomic E-state index is 0.0211. The van der Waals surface area contributed by atoms with Crippen LogP contribution in [-0.4, -0.2) is 12.4 Å². The van der Waals surface area contributed by atoms with Gasteiger partial charge in [0.25, 0.3) is 0 Å². The first-order valence-electron chi connectivity index (χ1n) is 5.64. The molecule has 0 spiro atoms. The number of ether oxygens (including phenoxy) is 1. The molecule has 0 saturated carbocycles. The predicted octanol–water partition coefficient (Wildman–Crippen LogP) is 5.19. The molecule has 0 bridgehead atoms. The second kappa shape index (κ2) is 6.60. The Kier molecular flexibility index (Phi) is 5.04. The highest BCUT2D eigenvalue weighted by molar-refractivity contribution is 6.40. The molecule has 0 atom stereocenters. The maximum Gasteiger partial charge on any atom is 0.206 e. The minimum Gasteiger partial charge on any atom is -0.482 e. The molecular weight excluding hydrogens is 345 g/mol. The zero-order valence-corrected chi connectivity index (χ0v) is 12.6. The average Bonchev–Trinajstić information content (AvgIpc) is 2.37. The van der Waals surface area contributed by atoms with Crippen LogP contribution in [-0.2, 0) is 0 Å². The molecule has 0 fully saturated rings. The number of halogens is 5. The van der Waals surface area contributed by atoms with Crippen LogP contribution in [0.15, 0.2) is 30.3 Å². The fourth-order valence-corrected chi connectivity index (χ4v) is 2.57. The molecule has 0 amide bonds. The van der Waals surface area contributed by atoms with Gasteiger partial charge in [0.05, 0.1) is 15.6 Å². The Bertz CT molecular complexity index is 661. The molecule has 110 valence electrons. The number of carbonyl (C=O) groups excluding carboxylic acids is 1. The van der Waals surface area contributed by atoms with Gasteiger partial charge in [-0.1, -0.05) is 40.9 Å². The molecular formula is C14H7Cl3F2O2. The van der Waals surface area contributed by atoms with Crippen molar-refractivity contribution in [2.75, 3.05) is 6.61 Å². The highest BCUT2D eigenvalue weighted by Gasteiger charge is 2.19. The van der Waals surface area contributed by atoms with E-state index in [4.69, 9.17) is 39.5 Å². The van der Waals surface area contributed by atoms with E-state index in [-0.39, 0.29) is 15.8 Å². The van der Waals surface area contributed by atoms with E-state index >= 15 is 0 Å². The molecule has 0 aliphatic heterocycles. The molecule has 7 heteroatoms. The Hall–Kier alpha value is -1.36. The summed E-state index contributed by atoms with van der Waals surface area (Å²) < 4.78 is 32.0. The van der Waals surface area contributed by atoms with Crippen LogP contribution in [0, 0.1) is 11.6 Å². The predicted molar refractivity (Wildman–Crippen MR) is 77.7 cm³/mol. The highest BCUT2D eigenvalue weighted by atomic mass is 35.5. The van der Waals surface area contributed by atoms with Gasteiger partial charge in [0.1, 0.15) is 11.6 Å². The molecule has 2 aromatic carbocycles. The Morgan fingerprint density at radius 3 is 2.10 bits per heavy atom. The molecule has 0 saturated heterocycles. The maximum absolute atomic E-state index is 13.5. The van der Waals surface area contributed by atoms with Crippen LogP contribution in [0.2, 0.25) is 15.1 Å². The second-order valence-corrected chi connectivity index (χ2v) is 5.26. The molecule has 0 aliphatic carbocycles. The lowest BCUT2D eigenvalue weighted by Crippen LogP contribution is -2.15. The van der Waals surface area contributed by atoms with Crippen LogP contribution in [0.3, 0.4) is 0 Å². The minimum atomic E-state index is -0.961. The van der Waals surface area contributed by atoms with Gasteiger partial charge in [0.15, 0.2) is 12.4 Å². The zero-order chi connectivity index (χ0) is 15.6. The van der Waals surface area contributed by atoms with Gasteiger partial charge in [-0.05, 0) is 24.3 Å². The Morgan fingerprint density at radius 1 is 1.05 bits per heavy atom. The number of hydrogen-bond acceptors (Lipinski definition) is 2. The van der Waals surface area contributed by atoms with Crippen molar-refractivity contribution in [3.8, 4) is 5.75 Å². The summed E-state index contributed by atoms with van der Waals surface area (Å²) in [5.41, 5.74) is -0.668. The van der Waals surface area contributed by atoms with E-state index in [2.05, 4.69) is 0 Å². The van der Waals surface area contributed by atoms with Crippen LogP contribution in [0.25, 0.3) is 0 Å². The highest BCUT2D eigenvalue weighted by Crippen LogP contribution is 2.35. The molecule has 0 unspecified atom stereocenters. The van der Waals surface area contributed by atoms with E-state index in [1.54, 1.807) is 0 Å². The van der Waals surface area contributed by atoms with Crippen LogP contribution < -0.4 is 4.74 Å². The summed E-state index contributed by atoms with van der Waals surface area (Å²) in [4.78, 5) is 11.8. The van der Waals surface area contributed by atoms with Gasteiger partial charge in [-0.25, -0.2) is 8.78 Å². The van der Waals surface area contributed by atoms with Gasteiger partial charge >= 0.3 is 0 Å². The first-order valence-corrected chi connectivity index (χ1v) is 6.78. The summed E-state index contributed by atoms with van der Waals surface area (Å²) in [5, 5.41) is 0.479. The van der Waals surface area contributed by atoms with Gasteiger partial charge in [-0.3, -0.25) is 4.79 Å². The van der Waals surface area contributed by atoms with Crippen LogP contribution in [0.5, 0.6) is 5.75 Å². The molecule has 21 heavy (non-hydrogen) atoms. The Labute approximate surface area is 134 Å². The molecule has 0 N–H and O–H groups in total. The van der Waals surface area contributed by atoms with Crippen molar-refractivity contribution in [2.24, 2.45) is 0 Å². The van der Waals surface area contributed by atoms with Crippen molar-refractivity contribution in [3.05, 3.63) is 62.6 Å². The lowest BCUT2D eigenvalue weighted by molar-refractivity contribution is 0.0913. The van der Waals surface area contributed by atoms with Crippen molar-refractivity contribution in [1.82, 2.24) is 0 Å². The third kappa shape index (κ3) is 3.64. The van der Waals surface area contributed by atoms with E-state index in [9.17, 15) is 13.6 Å². The standard InChI is InChI=1S/C14H7Cl3F2O2/c15-7-4-8(16)14(9(17)5-7)21-6-12(20)13-10(18)2-1-3-11(13)19/h1-5H,6H2. The van der Waals surface area contributed by atoms with Crippen molar-refractivity contribution in [2.45, 2.75) is 0 Å². The molecule has 0 heterocycles. The van der Waals surface area contributed by atoms with Crippen LogP contribution in [0.4, 0.5) is 8.78 Å². The van der Waals surface area contributed by atoms with Crippen molar-refractivity contribution in [1.29, 1.82) is 0 Å². The number of ketones is 1. The smallest absolute Gasteiger partial charge is 0.206 e. The number of rotatable bonds is 4. The van der Waals surface area contributed by atoms with E-state index in [0.717, 1.165) is 18.2 Å². The van der Waals surface area contributed by atoms with Crippen LogP contribution >= 0.6 is 34.8 Å². The largest absolute Gasteiger partial charge is 0.482 e. The second-order valence-electron chi connectivity index (χ2n) is 4.01. The van der Waals surface area contributed by atoms with E-state index in [1.165, 1.54) is 12.1 Å². The van der Waals surface area contributed by atoms with Crippen molar-refractivity contribution >= 4 is 40.6 Å². The number of Topliss-reactive ketones (excluding diaryl/α,β-unsaturated/α-hetero) is 1. The molecule has 2 aromatic rings. The molecule has 0 aromatic heterocycles. The van der Waals surface area contributed by atoms with Crippen molar-refractivity contribution < 1.29 is 18.3 Å². The van der Waals surface area contributed by atoms with E-state index in [0.29, 0.717) is 5.02 Å². The number of carbonyl (C=O) groups is 1. The summed E-state index contributed by atoms with van der Waals surface area (Å²) in [5.74, 6) is -2.77. The SMILES string of the molecule is O=C(COc1c(Cl)cc(Cl)cc1Cl)c1c(F)cccc1F. The van der Waals surface area contributed by atoms with Gasteiger partial charge in [-0.2, -0.15) is 0 Å². The molecule has 0 aliphatic rings. The zero-order valence-electron chi connectivity index (χ0n) is 10.3. The van der Waals surface area contributed by atoms with Gasteiger partial charge in [0.2, 0.25) is 5.78 Å². The Balaban J connectivity index is 2.19. The van der Waals surface area contributed by atoms with Crippen LogP contribution in [0.1, 0.15) is 10.4 Å². The van der Waals surface area contributed by atoms with Gasteiger partial charge in [0, 0.05) is 5.02 Å². The normalized spacial score (nSPS) is 10.5. The lowest BCUT2D eigenvalue weighted by Gasteiger charge is -2.10. The number of benzene rings is 2. The third-order valence-corrected chi connectivity index (χ3v) is 3.33. The summed E-state index contributed by atoms with van der Waals surface area (Å²) in [6, 6.07) is 5.88. The van der Waals surface area contributed by atoms with Gasteiger partial charge in [-0.15, -0.1) is 0 Å². The van der Waals surface area contributed by atoms with Gasteiger partial charge < -0.3 is 4.74 Å². The Morgan fingerprint density at radius 2 is 1.57 bits per heavy atom. The maximum atomic E-state index is 13.5. The molecule has 0 radical (unpaired) electrons. The average molecular weight is 352 g/mol. The quantitative estimate of drug-likeness (QED) is 0.709. The molecule has 2 nitrogen and oxygen atoms in total. The first-order chi connectivity index (χ1) is 9.90. The third-order valence-electron chi connectivity index (χ3n) is 2.55. The lowest BCUT2D eigenvalue weighted by atomic mass is 10.1.